The minimum Gasteiger partial charge on any atom is -0.462 e. The summed E-state index contributed by atoms with van der Waals surface area (Å²) in [6, 6.07) is 0. The monoisotopic (exact) mass is 1090 g/mol. The Hall–Kier alpha value is -4.71. The van der Waals surface area contributed by atoms with Gasteiger partial charge in [-0.15, -0.1) is 0 Å². The molecule has 6 nitrogen and oxygen atoms in total. The van der Waals surface area contributed by atoms with E-state index in [0.717, 1.165) is 135 Å². The molecule has 0 aliphatic carbocycles. The molecule has 1 unspecified atom stereocenters. The molecule has 0 radical (unpaired) electrons. The predicted octanol–water partition coefficient (Wildman–Crippen LogP) is 22.3. The van der Waals surface area contributed by atoms with Crippen LogP contribution in [0, 0.1) is 0 Å². The maximum absolute atomic E-state index is 12.9. The van der Waals surface area contributed by atoms with Crippen molar-refractivity contribution in [2.45, 2.75) is 284 Å². The van der Waals surface area contributed by atoms with Gasteiger partial charge in [0.2, 0.25) is 0 Å². The number of hydrogen-bond acceptors (Lipinski definition) is 6. The molecule has 79 heavy (non-hydrogen) atoms. The second-order valence-corrected chi connectivity index (χ2v) is 20.9. The number of carbonyl (C=O) groups excluding carboxylic acids is 3. The molecule has 0 saturated heterocycles. The summed E-state index contributed by atoms with van der Waals surface area (Å²) < 4.78 is 16.9. The Balaban J connectivity index is 4.47. The highest BCUT2D eigenvalue weighted by Gasteiger charge is 2.19. The van der Waals surface area contributed by atoms with Crippen molar-refractivity contribution in [3.8, 4) is 0 Å². The molecule has 0 heterocycles. The zero-order valence-electron chi connectivity index (χ0n) is 51.1. The number of esters is 3. The fourth-order valence-electron chi connectivity index (χ4n) is 8.53. The van der Waals surface area contributed by atoms with E-state index in [1.807, 2.05) is 0 Å². The van der Waals surface area contributed by atoms with Gasteiger partial charge in [-0.3, -0.25) is 14.4 Å². The molecule has 0 saturated carbocycles. The Labute approximate surface area is 487 Å². The molecule has 0 aromatic heterocycles. The normalized spacial score (nSPS) is 13.1. The molecule has 0 rings (SSSR count). The van der Waals surface area contributed by atoms with Gasteiger partial charge in [0, 0.05) is 19.3 Å². The summed E-state index contributed by atoms with van der Waals surface area (Å²) in [5, 5.41) is 0. The Kier molecular flexibility index (Phi) is 61.9. The Morgan fingerprint density at radius 3 is 0.797 bits per heavy atom. The number of ether oxygens (including phenoxy) is 3. The van der Waals surface area contributed by atoms with Crippen molar-refractivity contribution in [3.63, 3.8) is 0 Å². The molecule has 0 N–H and O–H groups in total. The highest BCUT2D eigenvalue weighted by atomic mass is 16.6. The van der Waals surface area contributed by atoms with Crippen LogP contribution in [0.4, 0.5) is 0 Å². The molecule has 0 aromatic rings. The van der Waals surface area contributed by atoms with Gasteiger partial charge in [-0.1, -0.05) is 263 Å². The van der Waals surface area contributed by atoms with E-state index in [1.54, 1.807) is 0 Å². The van der Waals surface area contributed by atoms with Crippen molar-refractivity contribution >= 4 is 17.9 Å². The lowest BCUT2D eigenvalue weighted by Crippen LogP contribution is -2.30. The van der Waals surface area contributed by atoms with Crippen LogP contribution in [0.15, 0.2) is 146 Å². The molecule has 0 spiro atoms. The lowest BCUT2D eigenvalue weighted by atomic mass is 10.0. The molecule has 0 aliphatic rings. The minimum atomic E-state index is -0.815. The molecule has 0 fully saturated rings. The minimum absolute atomic E-state index is 0.110. The van der Waals surface area contributed by atoms with E-state index in [0.29, 0.717) is 25.7 Å². The van der Waals surface area contributed by atoms with E-state index in [1.165, 1.54) is 96.3 Å². The molecular weight excluding hydrogens is 973 g/mol. The van der Waals surface area contributed by atoms with Gasteiger partial charge in [0.15, 0.2) is 6.10 Å². The zero-order chi connectivity index (χ0) is 57.1. The van der Waals surface area contributed by atoms with Crippen LogP contribution in [0.1, 0.15) is 278 Å². The lowest BCUT2D eigenvalue weighted by Gasteiger charge is -2.18. The van der Waals surface area contributed by atoms with Gasteiger partial charge in [-0.2, -0.15) is 0 Å². The fourth-order valence-corrected chi connectivity index (χ4v) is 8.53. The molecular formula is C73H118O6. The second-order valence-electron chi connectivity index (χ2n) is 20.9. The third-order valence-corrected chi connectivity index (χ3v) is 13.3. The van der Waals surface area contributed by atoms with E-state index in [-0.39, 0.29) is 31.1 Å². The van der Waals surface area contributed by atoms with Crippen molar-refractivity contribution in [1.82, 2.24) is 0 Å². The van der Waals surface area contributed by atoms with Crippen molar-refractivity contribution < 1.29 is 28.6 Å². The van der Waals surface area contributed by atoms with Gasteiger partial charge in [0.25, 0.3) is 0 Å². The van der Waals surface area contributed by atoms with Crippen LogP contribution in [0.2, 0.25) is 0 Å². The average molecular weight is 1090 g/mol. The number of rotatable bonds is 57. The molecule has 6 heteroatoms. The SMILES string of the molecule is CC/C=C\C/C=C\C/C=C\C/C=C\C/C=C\C/C=C\CCCCCCC(=O)OCC(COC(=O)CCCC/C=C\C/C=C\C/C=C\C/C=C\CC)OC(=O)CCCCCCCCCCCCC/C=C\C/C=C\CCCCCCC. The van der Waals surface area contributed by atoms with Crippen LogP contribution < -0.4 is 0 Å². The molecule has 0 bridgehead atoms. The summed E-state index contributed by atoms with van der Waals surface area (Å²) >= 11 is 0. The van der Waals surface area contributed by atoms with Gasteiger partial charge in [-0.05, 0) is 141 Å². The third-order valence-electron chi connectivity index (χ3n) is 13.3. The smallest absolute Gasteiger partial charge is 0.306 e. The highest BCUT2D eigenvalue weighted by molar-refractivity contribution is 5.71. The van der Waals surface area contributed by atoms with E-state index in [4.69, 9.17) is 14.2 Å². The summed E-state index contributed by atoms with van der Waals surface area (Å²) in [7, 11) is 0. The molecule has 0 aliphatic heterocycles. The van der Waals surface area contributed by atoms with Crippen molar-refractivity contribution in [2.24, 2.45) is 0 Å². The average Bonchev–Trinajstić information content (AvgIpc) is 3.45. The molecule has 0 amide bonds. The molecule has 1 atom stereocenters. The van der Waals surface area contributed by atoms with Gasteiger partial charge in [0.05, 0.1) is 0 Å². The number of allylic oxidation sites excluding steroid dienone is 24. The van der Waals surface area contributed by atoms with Gasteiger partial charge in [-0.25, -0.2) is 0 Å². The predicted molar refractivity (Wildman–Crippen MR) is 343 cm³/mol. The summed E-state index contributed by atoms with van der Waals surface area (Å²) in [6.07, 6.45) is 94.2. The molecule has 446 valence electrons. The standard InChI is InChI=1S/C73H118O6/c1-4-7-10-13-16-19-22-25-28-30-32-34-36-38-40-42-45-48-51-54-57-60-63-66-72(75)78-69-70(68-77-71(74)65-62-59-56-53-50-47-44-27-24-21-18-15-12-9-6-3)79-73(76)67-64-61-58-55-52-49-46-43-41-39-37-35-33-31-29-26-23-20-17-14-11-8-5-2/h7,9-10,12,16,18-19,21,23,25-28,31-34,38,40,44-45,48,50,53,70H,4-6,8,11,13-15,17,20,22,24,29-30,35-37,39,41-43,46-47,49,51-52,54-69H2,1-3H3/b10-7-,12-9-,19-16-,21-18-,26-23-,28-25-,33-31-,34-32-,40-38-,44-27-,48-45-,53-50-. The second kappa shape index (κ2) is 65.8. The fraction of sp³-hybridized carbons (Fsp3) is 0.630. The zero-order valence-corrected chi connectivity index (χ0v) is 51.1. The number of unbranched alkanes of at least 4 members (excludes halogenated alkanes) is 22. The highest BCUT2D eigenvalue weighted by Crippen LogP contribution is 2.15. The van der Waals surface area contributed by atoms with Crippen LogP contribution >= 0.6 is 0 Å². The van der Waals surface area contributed by atoms with Gasteiger partial charge < -0.3 is 14.2 Å². The van der Waals surface area contributed by atoms with Crippen LogP contribution in [0.25, 0.3) is 0 Å². The maximum Gasteiger partial charge on any atom is 0.306 e. The Morgan fingerprint density at radius 2 is 0.494 bits per heavy atom. The quantitative estimate of drug-likeness (QED) is 0.0261. The van der Waals surface area contributed by atoms with Crippen LogP contribution in [0.3, 0.4) is 0 Å². The van der Waals surface area contributed by atoms with E-state index in [2.05, 4.69) is 167 Å². The summed E-state index contributed by atoms with van der Waals surface area (Å²) in [5.74, 6) is -0.977. The molecule has 0 aromatic carbocycles. The first kappa shape index (κ1) is 74.3. The van der Waals surface area contributed by atoms with Crippen molar-refractivity contribution in [2.75, 3.05) is 13.2 Å². The van der Waals surface area contributed by atoms with E-state index >= 15 is 0 Å². The summed E-state index contributed by atoms with van der Waals surface area (Å²) in [4.78, 5) is 38.3. The van der Waals surface area contributed by atoms with Crippen LogP contribution in [-0.2, 0) is 28.6 Å². The maximum atomic E-state index is 12.9. The van der Waals surface area contributed by atoms with Crippen molar-refractivity contribution in [3.05, 3.63) is 146 Å². The third kappa shape index (κ3) is 64.0. The first-order valence-corrected chi connectivity index (χ1v) is 32.3. The summed E-state index contributed by atoms with van der Waals surface area (Å²) in [6.45, 7) is 6.35. The first-order chi connectivity index (χ1) is 39.0. The first-order valence-electron chi connectivity index (χ1n) is 32.3. The van der Waals surface area contributed by atoms with E-state index < -0.39 is 6.10 Å². The van der Waals surface area contributed by atoms with Gasteiger partial charge in [0.1, 0.15) is 13.2 Å². The Bertz CT molecular complexity index is 1730. The number of carbonyl (C=O) groups is 3. The van der Waals surface area contributed by atoms with Crippen LogP contribution in [0.5, 0.6) is 0 Å². The largest absolute Gasteiger partial charge is 0.462 e. The Morgan fingerprint density at radius 1 is 0.266 bits per heavy atom. The lowest BCUT2D eigenvalue weighted by molar-refractivity contribution is -0.167. The van der Waals surface area contributed by atoms with E-state index in [9.17, 15) is 14.4 Å². The summed E-state index contributed by atoms with van der Waals surface area (Å²) in [5.41, 5.74) is 0. The van der Waals surface area contributed by atoms with Crippen molar-refractivity contribution in [1.29, 1.82) is 0 Å². The topological polar surface area (TPSA) is 78.9 Å². The number of hydrogen-bond donors (Lipinski definition) is 0. The van der Waals surface area contributed by atoms with Gasteiger partial charge >= 0.3 is 17.9 Å². The van der Waals surface area contributed by atoms with Crippen LogP contribution in [-0.4, -0.2) is 37.2 Å².